The number of nitrogens with one attached hydrogen (secondary N) is 2. The number of halogens is 1. The standard InChI is InChI=1S/C18H25ClN6O3S/c1-5-10-14(19)23-15(21-10)16(26)22-11-6-7-25(9-12(11)28-4)18-20-8-13(29-18)17(27)24(2)3/h8,11-12H,5-7,9H2,1-4H3,(H,21,23)(H,22,26). The highest BCUT2D eigenvalue weighted by Crippen LogP contribution is 2.27. The summed E-state index contributed by atoms with van der Waals surface area (Å²) < 4.78 is 5.62. The van der Waals surface area contributed by atoms with Crippen molar-refractivity contribution < 1.29 is 14.3 Å². The summed E-state index contributed by atoms with van der Waals surface area (Å²) in [6, 6.07) is -0.166. The van der Waals surface area contributed by atoms with Gasteiger partial charge in [0.2, 0.25) is 0 Å². The largest absolute Gasteiger partial charge is 0.377 e. The number of nitrogens with zero attached hydrogens (tertiary/aromatic N) is 4. The zero-order valence-electron chi connectivity index (χ0n) is 16.9. The van der Waals surface area contributed by atoms with Crippen molar-refractivity contribution in [3.8, 4) is 0 Å². The molecule has 9 nitrogen and oxygen atoms in total. The molecule has 0 aromatic carbocycles. The van der Waals surface area contributed by atoms with E-state index in [0.717, 1.165) is 10.8 Å². The molecule has 1 aliphatic heterocycles. The third-order valence-corrected chi connectivity index (χ3v) is 6.22. The van der Waals surface area contributed by atoms with Crippen molar-refractivity contribution in [1.29, 1.82) is 0 Å². The van der Waals surface area contributed by atoms with Crippen LogP contribution in [0, 0.1) is 0 Å². The zero-order chi connectivity index (χ0) is 21.1. The molecule has 2 atom stereocenters. The summed E-state index contributed by atoms with van der Waals surface area (Å²) in [4.78, 5) is 40.3. The molecule has 3 heterocycles. The van der Waals surface area contributed by atoms with Crippen molar-refractivity contribution in [3.05, 3.63) is 27.7 Å². The maximum Gasteiger partial charge on any atom is 0.287 e. The first-order valence-electron chi connectivity index (χ1n) is 9.34. The Morgan fingerprint density at radius 2 is 2.24 bits per heavy atom. The minimum atomic E-state index is -0.305. The maximum absolute atomic E-state index is 12.6. The zero-order valence-corrected chi connectivity index (χ0v) is 18.4. The molecular formula is C18H25ClN6O3S. The summed E-state index contributed by atoms with van der Waals surface area (Å²) in [6.45, 7) is 3.19. The first kappa shape index (κ1) is 21.5. The van der Waals surface area contributed by atoms with Crippen molar-refractivity contribution in [1.82, 2.24) is 25.2 Å². The van der Waals surface area contributed by atoms with Crippen molar-refractivity contribution >= 4 is 39.9 Å². The molecule has 2 unspecified atom stereocenters. The van der Waals surface area contributed by atoms with Crippen molar-refractivity contribution in [3.63, 3.8) is 0 Å². The Morgan fingerprint density at radius 3 is 2.86 bits per heavy atom. The van der Waals surface area contributed by atoms with E-state index in [2.05, 4.69) is 25.2 Å². The normalized spacial score (nSPS) is 19.3. The Balaban J connectivity index is 1.65. The Bertz CT molecular complexity index is 883. The fourth-order valence-corrected chi connectivity index (χ4v) is 4.43. The fourth-order valence-electron chi connectivity index (χ4n) is 3.19. The highest BCUT2D eigenvalue weighted by molar-refractivity contribution is 7.17. The van der Waals surface area contributed by atoms with Gasteiger partial charge in [-0.3, -0.25) is 9.59 Å². The number of anilines is 1. The number of hydrogen-bond acceptors (Lipinski definition) is 7. The van der Waals surface area contributed by atoms with E-state index in [4.69, 9.17) is 16.3 Å². The van der Waals surface area contributed by atoms with E-state index in [0.29, 0.717) is 36.0 Å². The van der Waals surface area contributed by atoms with Crippen LogP contribution in [-0.4, -0.2) is 78.1 Å². The minimum absolute atomic E-state index is 0.0669. The number of aromatic nitrogens is 3. The quantitative estimate of drug-likeness (QED) is 0.710. The molecule has 0 saturated carbocycles. The van der Waals surface area contributed by atoms with Gasteiger partial charge in [-0.2, -0.15) is 0 Å². The van der Waals surface area contributed by atoms with Crippen LogP contribution in [0.5, 0.6) is 0 Å². The van der Waals surface area contributed by atoms with Gasteiger partial charge in [-0.25, -0.2) is 9.97 Å². The van der Waals surface area contributed by atoms with Gasteiger partial charge in [0.25, 0.3) is 11.8 Å². The van der Waals surface area contributed by atoms with Gasteiger partial charge in [-0.05, 0) is 12.8 Å². The molecule has 1 fully saturated rings. The summed E-state index contributed by atoms with van der Waals surface area (Å²) in [5.41, 5.74) is 0.738. The lowest BCUT2D eigenvalue weighted by Gasteiger charge is -2.37. The van der Waals surface area contributed by atoms with Crippen LogP contribution in [0.1, 0.15) is 39.3 Å². The topological polar surface area (TPSA) is 103 Å². The van der Waals surface area contributed by atoms with Crippen LogP contribution in [0.3, 0.4) is 0 Å². The molecule has 29 heavy (non-hydrogen) atoms. The first-order chi connectivity index (χ1) is 13.8. The number of carbonyl (C=O) groups is 2. The van der Waals surface area contributed by atoms with E-state index in [1.807, 2.05) is 6.92 Å². The van der Waals surface area contributed by atoms with Crippen LogP contribution in [0.25, 0.3) is 0 Å². The van der Waals surface area contributed by atoms with Gasteiger partial charge in [-0.1, -0.05) is 29.9 Å². The number of thiazole rings is 1. The number of aryl methyl sites for hydroxylation is 1. The lowest BCUT2D eigenvalue weighted by Crippen LogP contribution is -2.55. The average Bonchev–Trinajstić information content (AvgIpc) is 3.34. The second-order valence-electron chi connectivity index (χ2n) is 7.00. The van der Waals surface area contributed by atoms with Crippen molar-refractivity contribution in [2.45, 2.75) is 31.9 Å². The van der Waals surface area contributed by atoms with E-state index in [1.54, 1.807) is 27.4 Å². The number of methoxy groups -OCH3 is 1. The Hall–Kier alpha value is -2.17. The number of aromatic amines is 1. The Morgan fingerprint density at radius 1 is 1.48 bits per heavy atom. The Labute approximate surface area is 178 Å². The smallest absolute Gasteiger partial charge is 0.287 e. The van der Waals surface area contributed by atoms with Crippen LogP contribution in [0.2, 0.25) is 5.15 Å². The van der Waals surface area contributed by atoms with Crippen molar-refractivity contribution in [2.24, 2.45) is 0 Å². The number of rotatable bonds is 6. The highest BCUT2D eigenvalue weighted by Gasteiger charge is 2.32. The summed E-state index contributed by atoms with van der Waals surface area (Å²) in [6.07, 6.45) is 2.73. The van der Waals surface area contributed by atoms with Gasteiger partial charge >= 0.3 is 0 Å². The van der Waals surface area contributed by atoms with E-state index in [-0.39, 0.29) is 29.8 Å². The molecule has 158 valence electrons. The molecule has 2 N–H and O–H groups in total. The lowest BCUT2D eigenvalue weighted by atomic mass is 10.0. The molecular weight excluding hydrogens is 416 g/mol. The number of hydrogen-bond donors (Lipinski definition) is 2. The summed E-state index contributed by atoms with van der Waals surface area (Å²) in [7, 11) is 5.05. The number of H-pyrrole nitrogens is 1. The van der Waals surface area contributed by atoms with E-state index >= 15 is 0 Å². The van der Waals surface area contributed by atoms with Crippen molar-refractivity contribution in [2.75, 3.05) is 39.2 Å². The van der Waals surface area contributed by atoms with Gasteiger partial charge in [0.05, 0.1) is 24.0 Å². The van der Waals surface area contributed by atoms with Gasteiger partial charge < -0.3 is 24.8 Å². The molecule has 11 heteroatoms. The van der Waals surface area contributed by atoms with E-state index < -0.39 is 0 Å². The molecule has 0 aliphatic carbocycles. The maximum atomic E-state index is 12.6. The number of piperidine rings is 1. The molecule has 1 aliphatic rings. The van der Waals surface area contributed by atoms with Gasteiger partial charge in [0.15, 0.2) is 16.1 Å². The van der Waals surface area contributed by atoms with Crippen LogP contribution >= 0.6 is 22.9 Å². The number of imidazole rings is 1. The summed E-state index contributed by atoms with van der Waals surface area (Å²) in [5, 5.41) is 4.08. The van der Waals surface area contributed by atoms with Crippen LogP contribution in [-0.2, 0) is 11.2 Å². The molecule has 0 radical (unpaired) electrons. The van der Waals surface area contributed by atoms with E-state index in [9.17, 15) is 9.59 Å². The molecule has 0 bridgehead atoms. The second kappa shape index (κ2) is 9.10. The molecule has 2 aromatic rings. The summed E-state index contributed by atoms with van der Waals surface area (Å²) in [5.74, 6) is -0.168. The number of amides is 2. The molecule has 3 rings (SSSR count). The predicted octanol–water partition coefficient (Wildman–Crippen LogP) is 1.81. The van der Waals surface area contributed by atoms with Gasteiger partial charge in [0.1, 0.15) is 4.88 Å². The van der Waals surface area contributed by atoms with Crippen LogP contribution < -0.4 is 10.2 Å². The minimum Gasteiger partial charge on any atom is -0.377 e. The predicted molar refractivity (Wildman–Crippen MR) is 112 cm³/mol. The monoisotopic (exact) mass is 440 g/mol. The Kier molecular flexibility index (Phi) is 6.76. The molecule has 2 aromatic heterocycles. The van der Waals surface area contributed by atoms with E-state index in [1.165, 1.54) is 16.2 Å². The fraction of sp³-hybridized carbons (Fsp3) is 0.556. The SMILES string of the molecule is CCc1[nH]c(C(=O)NC2CCN(c3ncc(C(=O)N(C)C)s3)CC2OC)nc1Cl. The van der Waals surface area contributed by atoms with Gasteiger partial charge in [-0.15, -0.1) is 0 Å². The van der Waals surface area contributed by atoms with Crippen LogP contribution in [0.15, 0.2) is 6.20 Å². The molecule has 2 amide bonds. The average molecular weight is 441 g/mol. The first-order valence-corrected chi connectivity index (χ1v) is 10.5. The van der Waals surface area contributed by atoms with Crippen LogP contribution in [0.4, 0.5) is 5.13 Å². The van der Waals surface area contributed by atoms with Gasteiger partial charge in [0, 0.05) is 34.3 Å². The number of carbonyl (C=O) groups excluding carboxylic acids is 2. The lowest BCUT2D eigenvalue weighted by molar-refractivity contribution is 0.0538. The molecule has 0 spiro atoms. The third kappa shape index (κ3) is 4.71. The second-order valence-corrected chi connectivity index (χ2v) is 8.37. The molecule has 1 saturated heterocycles. The third-order valence-electron chi connectivity index (χ3n) is 4.86. The summed E-state index contributed by atoms with van der Waals surface area (Å²) >= 11 is 7.39. The highest BCUT2D eigenvalue weighted by atomic mass is 35.5. The number of ether oxygens (including phenoxy) is 1.